The van der Waals surface area contributed by atoms with Crippen LogP contribution in [0.2, 0.25) is 0 Å². The van der Waals surface area contributed by atoms with Gasteiger partial charge >= 0.3 is 84.3 Å². The average molecular weight is 2400 g/mol. The Morgan fingerprint density at radius 2 is 0.592 bits per heavy atom. The molecular formula is C114H79N11OPt4. The van der Waals surface area contributed by atoms with Crippen LogP contribution in [-0.2, 0) is 95.1 Å². The molecule has 16 heteroatoms. The number of anilines is 3. The molecule has 0 saturated carbocycles. The molecule has 12 nitrogen and oxygen atoms in total. The second-order valence-electron chi connectivity index (χ2n) is 30.1. The van der Waals surface area contributed by atoms with Crippen molar-refractivity contribution in [2.45, 2.75) is 38.5 Å². The van der Waals surface area contributed by atoms with Crippen molar-refractivity contribution in [2.24, 2.45) is 0 Å². The van der Waals surface area contributed by atoms with Gasteiger partial charge < -0.3 is 24.7 Å². The summed E-state index contributed by atoms with van der Waals surface area (Å²) >= 11 is 0. The van der Waals surface area contributed by atoms with Crippen LogP contribution in [0.15, 0.2) is 406 Å². The third-order valence-corrected chi connectivity index (χ3v) is 20.8. The van der Waals surface area contributed by atoms with E-state index in [1.165, 1.54) is 0 Å². The van der Waals surface area contributed by atoms with Crippen LogP contribution < -0.4 is 9.64 Å². The second-order valence-corrected chi connectivity index (χ2v) is 30.1. The molecule has 0 radical (unpaired) electrons. The first kappa shape index (κ1) is 95.1. The molecule has 11 aromatic carbocycles. The number of nitrogens with zero attached hydrogens (tertiary/aromatic N) is 11. The molecular weight excluding hydrogens is 2320 g/mol. The van der Waals surface area contributed by atoms with Crippen molar-refractivity contribution in [3.05, 3.63) is 495 Å². The van der Waals surface area contributed by atoms with Crippen LogP contribution >= 0.6 is 0 Å². The first-order chi connectivity index (χ1) is 61.8. The Hall–Kier alpha value is -14.0. The molecule has 0 unspecified atom stereocenters. The maximum atomic E-state index is 9.18. The minimum Gasteiger partial charge on any atom is -0.422 e. The van der Waals surface area contributed by atoms with E-state index in [-0.39, 0.29) is 84.3 Å². The SMILES string of the molecule is CC(C)(c1cc(-c2ccccc2)cc(-c2[c-]cccc2)n1)c1cc(-c2ccccc2)cc(-c2[c-]cccc2)n1.[C-]#[N+]c1cc[c-]c(-c2cccc(C(C)(C)c3cccc(-c4[c-]ccc(C#N)c4)n3)n2)c1.[Pt+2].[Pt+2].[Pt+2].[Pt+2].[c-]1ccccc1-c1cccc(N(c2ccccc2)c2cccc(-c3[c-]cccc3)n2)n1.[c-]1ccccc1-c1cccc(Oc2cccc(-c3[c-]cccc3)n2)n1. The number of nitriles is 1. The van der Waals surface area contributed by atoms with Gasteiger partial charge in [0.25, 0.3) is 0 Å². The Balaban J connectivity index is 0.000000157. The molecule has 0 amide bonds. The van der Waals surface area contributed by atoms with E-state index in [1.807, 2.05) is 273 Å². The van der Waals surface area contributed by atoms with Gasteiger partial charge in [-0.1, -0.05) is 164 Å². The van der Waals surface area contributed by atoms with Gasteiger partial charge in [-0.15, -0.1) is 269 Å². The maximum Gasteiger partial charge on any atom is 2.00 e. The number of aromatic nitrogens is 8. The van der Waals surface area contributed by atoms with Crippen molar-refractivity contribution >= 4 is 23.0 Å². The Kier molecular flexibility index (Phi) is 33.7. The monoisotopic (exact) mass is 2400 g/mol. The van der Waals surface area contributed by atoms with Gasteiger partial charge in [-0.3, -0.25) is 29.7 Å². The third kappa shape index (κ3) is 24.0. The summed E-state index contributed by atoms with van der Waals surface area (Å²) in [5.74, 6) is 2.58. The van der Waals surface area contributed by atoms with Gasteiger partial charge in [0, 0.05) is 39.3 Å². The fourth-order valence-electron chi connectivity index (χ4n) is 14.1. The first-order valence-corrected chi connectivity index (χ1v) is 41.0. The normalized spacial score (nSPS) is 10.5. The summed E-state index contributed by atoms with van der Waals surface area (Å²) in [5, 5.41) is 9.18. The van der Waals surface area contributed by atoms with Gasteiger partial charge in [0.05, 0.1) is 12.6 Å². The van der Waals surface area contributed by atoms with Gasteiger partial charge in [-0.25, -0.2) is 0 Å². The molecule has 0 saturated heterocycles. The van der Waals surface area contributed by atoms with Crippen LogP contribution in [0.25, 0.3) is 117 Å². The number of rotatable bonds is 19. The fraction of sp³-hybridized carbons (Fsp3) is 0.0526. The number of pyridine rings is 8. The smallest absolute Gasteiger partial charge is 0.422 e. The summed E-state index contributed by atoms with van der Waals surface area (Å²) < 4.78 is 5.85. The molecule has 0 aliphatic rings. The quantitative estimate of drug-likeness (QED) is 0.0714. The van der Waals surface area contributed by atoms with Gasteiger partial charge in [0.1, 0.15) is 17.3 Å². The molecule has 0 aliphatic heterocycles. The summed E-state index contributed by atoms with van der Waals surface area (Å²) in [7, 11) is 0. The molecule has 0 bridgehead atoms. The molecule has 636 valence electrons. The van der Waals surface area contributed by atoms with Gasteiger partial charge in [0.2, 0.25) is 11.8 Å². The Morgan fingerprint density at radius 1 is 0.277 bits per heavy atom. The van der Waals surface area contributed by atoms with Crippen molar-refractivity contribution < 1.29 is 89.0 Å². The van der Waals surface area contributed by atoms with Crippen molar-refractivity contribution in [3.63, 3.8) is 0 Å². The van der Waals surface area contributed by atoms with E-state index in [1.54, 1.807) is 36.4 Å². The van der Waals surface area contributed by atoms with Crippen LogP contribution in [0.4, 0.5) is 23.0 Å². The first-order valence-electron chi connectivity index (χ1n) is 41.0. The predicted octanol–water partition coefficient (Wildman–Crippen LogP) is 27.3. The van der Waals surface area contributed by atoms with E-state index >= 15 is 0 Å². The summed E-state index contributed by atoms with van der Waals surface area (Å²) in [5.41, 5.74) is 23.3. The Bertz CT molecular complexity index is 6450. The van der Waals surface area contributed by atoms with Crippen LogP contribution in [0.1, 0.15) is 56.0 Å². The topological polar surface area (TPSA) is 144 Å². The van der Waals surface area contributed by atoms with Gasteiger partial charge in [0.15, 0.2) is 0 Å². The zero-order valence-electron chi connectivity index (χ0n) is 70.8. The van der Waals surface area contributed by atoms with E-state index in [4.69, 9.17) is 41.2 Å². The molecule has 19 rings (SSSR count). The molecule has 0 fully saturated rings. The van der Waals surface area contributed by atoms with Crippen LogP contribution in [-0.4, -0.2) is 39.9 Å². The summed E-state index contributed by atoms with van der Waals surface area (Å²) in [6.45, 7) is 15.8. The summed E-state index contributed by atoms with van der Waals surface area (Å²) in [4.78, 5) is 44.7. The number of hydrogen-bond donors (Lipinski definition) is 0. The Morgan fingerprint density at radius 3 is 0.969 bits per heavy atom. The molecule has 0 N–H and O–H groups in total. The number of hydrogen-bond acceptors (Lipinski definition) is 11. The summed E-state index contributed by atoms with van der Waals surface area (Å²) in [6, 6.07) is 161. The van der Waals surface area contributed by atoms with Gasteiger partial charge in [-0.05, 0) is 162 Å². The zero-order valence-corrected chi connectivity index (χ0v) is 79.9. The van der Waals surface area contributed by atoms with Gasteiger partial charge in [-0.2, -0.15) is 11.3 Å². The van der Waals surface area contributed by atoms with E-state index in [0.717, 1.165) is 152 Å². The fourth-order valence-corrected chi connectivity index (χ4v) is 14.1. The number of ether oxygens (including phenoxy) is 1. The van der Waals surface area contributed by atoms with Crippen LogP contribution in [0, 0.1) is 66.4 Å². The number of para-hydroxylation sites is 1. The second kappa shape index (κ2) is 46.1. The molecule has 0 atom stereocenters. The molecule has 130 heavy (non-hydrogen) atoms. The van der Waals surface area contributed by atoms with Crippen LogP contribution in [0.5, 0.6) is 11.8 Å². The molecule has 0 aliphatic carbocycles. The predicted molar refractivity (Wildman–Crippen MR) is 502 cm³/mol. The minimum absolute atomic E-state index is 0. The largest absolute Gasteiger partial charge is 2.00 e. The van der Waals surface area contributed by atoms with E-state index in [0.29, 0.717) is 23.0 Å². The molecule has 0 spiro atoms. The standard InChI is InChI=1S/C37H28N2.C28H19N3.C27H18N4.C22H14N2O.4Pt/c1-37(2,35-25-31(27-15-7-3-8-16-27)23-33(38-35)29-19-11-5-12-20-29)36-26-32(28-17-9-4-10-18-28)24-34(39-36)30-21-13-6-14-22-30;1-4-12-22(13-5-1)25-18-10-20-27(29-25)31(24-16-8-3-9-17-24)28-21-11-19-26(30-28)23-14-6-2-7-15-23;1-27(2,25-14-6-12-23(30-25)20-9-4-8-19(16-20)18-28)26-15-7-13-24(31-26)21-10-5-11-22(17-21)29-3;1-3-9-17(10-4-1)19-13-7-15-21(23-19)25-22-16-8-14-20(24-22)18-11-5-2-6-12-18;;;;/h3-19,21,23-26H,1-2H3;1-12,14,16-21H;4-8,11-17H,1-2H3;1-9,11,13-16H;;;;/q4*-2;4*+2. The van der Waals surface area contributed by atoms with E-state index < -0.39 is 10.8 Å². The average Bonchev–Trinajstić information content (AvgIpc) is 0.756. The summed E-state index contributed by atoms with van der Waals surface area (Å²) in [6.07, 6.45) is 0. The van der Waals surface area contributed by atoms with Crippen molar-refractivity contribution in [1.82, 2.24) is 39.9 Å². The number of benzene rings is 11. The van der Waals surface area contributed by atoms with E-state index in [9.17, 15) is 5.26 Å². The molecule has 19 aromatic rings. The van der Waals surface area contributed by atoms with Crippen molar-refractivity contribution in [3.8, 4) is 130 Å². The van der Waals surface area contributed by atoms with Crippen LogP contribution in [0.3, 0.4) is 0 Å². The zero-order chi connectivity index (χ0) is 86.3. The minimum atomic E-state index is -0.483. The molecule has 8 heterocycles. The van der Waals surface area contributed by atoms with Crippen molar-refractivity contribution in [2.75, 3.05) is 4.90 Å². The maximum absolute atomic E-state index is 9.18. The third-order valence-electron chi connectivity index (χ3n) is 20.8. The van der Waals surface area contributed by atoms with Crippen molar-refractivity contribution in [1.29, 1.82) is 5.26 Å². The molecule has 8 aromatic heterocycles. The Labute approximate surface area is 818 Å². The van der Waals surface area contributed by atoms with E-state index in [2.05, 4.69) is 199 Å².